The molecule has 11 aromatic carbocycles. The molecular weight excluding hydrogens is 777 g/mol. The number of hydrogen-bond donors (Lipinski definition) is 0. The van der Waals surface area contributed by atoms with E-state index in [1.807, 2.05) is 36.4 Å². The molecule has 298 valence electrons. The Morgan fingerprint density at radius 3 is 1.27 bits per heavy atom. The van der Waals surface area contributed by atoms with Crippen molar-refractivity contribution in [1.82, 2.24) is 19.5 Å². The standard InChI is InChI=1S/C60H38N4/c1-60(2)53-33-49-43-27-15-11-23-39(43)37-21-9-13-25-41(37)47(49)31-51(53)45-29-30-46-52-32-48-42-26-14-10-22-38(42)40-24-12-16-28-44(40)50(48)34-54(52)64(56(46)55(45)60)59-62-57(35-17-5-3-6-18-35)61-58(63-59)36-19-7-4-8-20-36/h3-34H,1-2H3. The molecule has 0 amide bonds. The molecule has 1 aliphatic carbocycles. The zero-order valence-corrected chi connectivity index (χ0v) is 35.3. The molecule has 0 N–H and O–H groups in total. The van der Waals surface area contributed by atoms with Crippen LogP contribution in [0.5, 0.6) is 0 Å². The monoisotopic (exact) mass is 814 g/mol. The van der Waals surface area contributed by atoms with Crippen LogP contribution < -0.4 is 0 Å². The minimum absolute atomic E-state index is 0.381. The summed E-state index contributed by atoms with van der Waals surface area (Å²) in [5.41, 5.74) is 8.82. The Bertz CT molecular complexity index is 4090. The molecule has 0 bridgehead atoms. The van der Waals surface area contributed by atoms with Crippen molar-refractivity contribution >= 4 is 86.4 Å². The predicted molar refractivity (Wildman–Crippen MR) is 268 cm³/mol. The molecule has 64 heavy (non-hydrogen) atoms. The summed E-state index contributed by atoms with van der Waals surface area (Å²) in [5, 5.41) is 17.5. The van der Waals surface area contributed by atoms with Crippen LogP contribution in [-0.4, -0.2) is 19.5 Å². The third-order valence-corrected chi connectivity index (χ3v) is 14.2. The van der Waals surface area contributed by atoms with E-state index < -0.39 is 0 Å². The lowest BCUT2D eigenvalue weighted by Crippen LogP contribution is -2.17. The first-order valence-electron chi connectivity index (χ1n) is 22.1. The van der Waals surface area contributed by atoms with Crippen molar-refractivity contribution in [3.05, 3.63) is 205 Å². The van der Waals surface area contributed by atoms with Gasteiger partial charge in [-0.05, 0) is 111 Å². The number of hydrogen-bond acceptors (Lipinski definition) is 3. The highest BCUT2D eigenvalue weighted by atomic mass is 15.2. The lowest BCUT2D eigenvalue weighted by molar-refractivity contribution is 0.664. The second-order valence-corrected chi connectivity index (χ2v) is 17.9. The van der Waals surface area contributed by atoms with E-state index in [-0.39, 0.29) is 5.41 Å². The molecule has 0 unspecified atom stereocenters. The van der Waals surface area contributed by atoms with Crippen molar-refractivity contribution in [2.24, 2.45) is 0 Å². The van der Waals surface area contributed by atoms with Gasteiger partial charge in [-0.25, -0.2) is 4.98 Å². The lowest BCUT2D eigenvalue weighted by Gasteiger charge is -2.24. The number of nitrogens with zero attached hydrogens (tertiary/aromatic N) is 4. The van der Waals surface area contributed by atoms with Crippen molar-refractivity contribution in [2.45, 2.75) is 19.3 Å². The van der Waals surface area contributed by atoms with Crippen LogP contribution in [0.25, 0.3) is 126 Å². The smallest absolute Gasteiger partial charge is 0.238 e. The van der Waals surface area contributed by atoms with E-state index >= 15 is 0 Å². The summed E-state index contributed by atoms with van der Waals surface area (Å²) in [6.45, 7) is 4.81. The molecule has 0 fully saturated rings. The third-order valence-electron chi connectivity index (χ3n) is 14.2. The second kappa shape index (κ2) is 12.9. The van der Waals surface area contributed by atoms with E-state index in [1.54, 1.807) is 0 Å². The molecule has 2 aromatic heterocycles. The first-order valence-corrected chi connectivity index (χ1v) is 22.1. The molecule has 4 nitrogen and oxygen atoms in total. The van der Waals surface area contributed by atoms with Crippen molar-refractivity contribution in [2.75, 3.05) is 0 Å². The molecule has 4 heteroatoms. The van der Waals surface area contributed by atoms with Crippen molar-refractivity contribution in [3.8, 4) is 39.9 Å². The topological polar surface area (TPSA) is 43.6 Å². The highest BCUT2D eigenvalue weighted by molar-refractivity contribution is 6.30. The van der Waals surface area contributed by atoms with Gasteiger partial charge in [-0.3, -0.25) is 4.57 Å². The van der Waals surface area contributed by atoms with Gasteiger partial charge in [0.1, 0.15) is 0 Å². The lowest BCUT2D eigenvalue weighted by atomic mass is 9.80. The van der Waals surface area contributed by atoms with E-state index in [0.717, 1.165) is 22.2 Å². The van der Waals surface area contributed by atoms with Gasteiger partial charge in [0.25, 0.3) is 0 Å². The Kier molecular flexibility index (Phi) is 7.14. The van der Waals surface area contributed by atoms with Gasteiger partial charge in [0.05, 0.1) is 11.0 Å². The second-order valence-electron chi connectivity index (χ2n) is 17.9. The van der Waals surface area contributed by atoms with Crippen molar-refractivity contribution in [1.29, 1.82) is 0 Å². The van der Waals surface area contributed by atoms with E-state index in [2.05, 4.69) is 176 Å². The molecule has 0 spiro atoms. The number of aromatic nitrogens is 4. The van der Waals surface area contributed by atoms with Gasteiger partial charge in [-0.1, -0.05) is 184 Å². The fourth-order valence-electron chi connectivity index (χ4n) is 11.3. The van der Waals surface area contributed by atoms with Crippen LogP contribution in [0.4, 0.5) is 0 Å². The molecule has 0 aliphatic heterocycles. The van der Waals surface area contributed by atoms with E-state index in [0.29, 0.717) is 17.6 Å². The van der Waals surface area contributed by atoms with E-state index in [1.165, 1.54) is 97.7 Å². The van der Waals surface area contributed by atoms with Crippen LogP contribution in [0, 0.1) is 0 Å². The van der Waals surface area contributed by atoms with Gasteiger partial charge in [-0.15, -0.1) is 0 Å². The maximum Gasteiger partial charge on any atom is 0.238 e. The highest BCUT2D eigenvalue weighted by Gasteiger charge is 2.40. The van der Waals surface area contributed by atoms with Gasteiger partial charge < -0.3 is 0 Å². The van der Waals surface area contributed by atoms with Crippen molar-refractivity contribution in [3.63, 3.8) is 0 Å². The molecule has 13 aromatic rings. The maximum absolute atomic E-state index is 5.44. The minimum atomic E-state index is -0.381. The van der Waals surface area contributed by atoms with Crippen LogP contribution in [-0.2, 0) is 5.41 Å². The fourth-order valence-corrected chi connectivity index (χ4v) is 11.3. The summed E-state index contributed by atoms with van der Waals surface area (Å²) in [5.74, 6) is 1.87. The van der Waals surface area contributed by atoms with Gasteiger partial charge in [0, 0.05) is 27.3 Å². The molecular formula is C60H38N4. The van der Waals surface area contributed by atoms with Crippen LogP contribution in [0.15, 0.2) is 194 Å². The largest absolute Gasteiger partial charge is 0.277 e. The zero-order chi connectivity index (χ0) is 42.3. The number of rotatable bonds is 3. The van der Waals surface area contributed by atoms with Crippen LogP contribution in [0.1, 0.15) is 25.0 Å². The Labute approximate surface area is 368 Å². The highest BCUT2D eigenvalue weighted by Crippen LogP contribution is 2.55. The fraction of sp³-hybridized carbons (Fsp3) is 0.0500. The summed E-state index contributed by atoms with van der Waals surface area (Å²) in [6.07, 6.45) is 0. The van der Waals surface area contributed by atoms with Crippen LogP contribution in [0.3, 0.4) is 0 Å². The summed E-state index contributed by atoms with van der Waals surface area (Å²) >= 11 is 0. The SMILES string of the molecule is CC1(C)c2cc3c4ccccc4c4ccccc4c3cc2-c2ccc3c4cc5c6ccccc6c6ccccc6c5cc4n(-c4nc(-c5ccccc5)nc(-c5ccccc5)n4)c3c21. The summed E-state index contributed by atoms with van der Waals surface area (Å²) < 4.78 is 2.37. The molecule has 1 aliphatic rings. The molecule has 0 radical (unpaired) electrons. The third kappa shape index (κ3) is 4.80. The Morgan fingerprint density at radius 1 is 0.344 bits per heavy atom. The van der Waals surface area contributed by atoms with Crippen LogP contribution in [0.2, 0.25) is 0 Å². The average Bonchev–Trinajstić information content (AvgIpc) is 3.80. The van der Waals surface area contributed by atoms with Gasteiger partial charge in [-0.2, -0.15) is 9.97 Å². The molecule has 0 saturated carbocycles. The molecule has 0 atom stereocenters. The number of fused-ring (bicyclic) bond motifs is 19. The van der Waals surface area contributed by atoms with Crippen LogP contribution >= 0.6 is 0 Å². The molecule has 2 heterocycles. The molecule has 0 saturated heterocycles. The zero-order valence-electron chi connectivity index (χ0n) is 35.3. The molecule has 14 rings (SSSR count). The first-order chi connectivity index (χ1) is 31.5. The van der Waals surface area contributed by atoms with E-state index in [4.69, 9.17) is 15.0 Å². The maximum atomic E-state index is 5.44. The quantitative estimate of drug-likeness (QED) is 0.167. The Balaban J connectivity index is 1.16. The summed E-state index contributed by atoms with van der Waals surface area (Å²) in [6, 6.07) is 70.6. The summed E-state index contributed by atoms with van der Waals surface area (Å²) in [7, 11) is 0. The minimum Gasteiger partial charge on any atom is -0.277 e. The Morgan fingerprint density at radius 2 is 0.766 bits per heavy atom. The van der Waals surface area contributed by atoms with Gasteiger partial charge >= 0.3 is 0 Å². The number of benzene rings is 11. The summed E-state index contributed by atoms with van der Waals surface area (Å²) in [4.78, 5) is 16.0. The first kappa shape index (κ1) is 35.4. The van der Waals surface area contributed by atoms with Gasteiger partial charge in [0.2, 0.25) is 5.95 Å². The predicted octanol–water partition coefficient (Wildman–Crippen LogP) is 15.5. The van der Waals surface area contributed by atoms with Gasteiger partial charge in [0.15, 0.2) is 11.6 Å². The average molecular weight is 815 g/mol. The normalized spacial score (nSPS) is 13.3. The Hall–Kier alpha value is -8.21. The van der Waals surface area contributed by atoms with Crippen molar-refractivity contribution < 1.29 is 0 Å². The van der Waals surface area contributed by atoms with E-state index in [9.17, 15) is 0 Å².